The second-order valence-electron chi connectivity index (χ2n) is 18.1. The van der Waals surface area contributed by atoms with E-state index in [1.54, 1.807) is 0 Å². The van der Waals surface area contributed by atoms with E-state index in [9.17, 15) is 0 Å². The molecule has 1 heterocycles. The first-order valence-corrected chi connectivity index (χ1v) is 27.3. The Hall–Kier alpha value is -6.87. The molecule has 11 aromatic rings. The molecule has 2 nitrogen and oxygen atoms in total. The van der Waals surface area contributed by atoms with Gasteiger partial charge in [0.2, 0.25) is 0 Å². The molecule has 2 aliphatic carbocycles. The van der Waals surface area contributed by atoms with Gasteiger partial charge in [0.1, 0.15) is 53.5 Å². The van der Waals surface area contributed by atoms with Crippen LogP contribution in [0, 0.1) is 24.7 Å². The molecule has 0 atom stereocenters. The van der Waals surface area contributed by atoms with Crippen molar-refractivity contribution >= 4 is 58.7 Å². The molecule has 0 unspecified atom stereocenters. The molecule has 0 radical (unpaired) electrons. The predicted octanol–water partition coefficient (Wildman–Crippen LogP) is 12.6. The quantitative estimate of drug-likeness (QED) is 0.0673. The minimum atomic E-state index is -1.35. The molecule has 0 saturated heterocycles. The van der Waals surface area contributed by atoms with Gasteiger partial charge in [0.05, 0.1) is 11.0 Å². The second kappa shape index (κ2) is 24.0. The van der Waals surface area contributed by atoms with E-state index in [4.69, 9.17) is 17.8 Å². The van der Waals surface area contributed by atoms with E-state index in [0.29, 0.717) is 0 Å². The third-order valence-electron chi connectivity index (χ3n) is 13.7. The van der Waals surface area contributed by atoms with Gasteiger partial charge < -0.3 is 17.4 Å². The standard InChI is InChI=1S/C38H30N2P2.2C15H9.2Au/c1-40-35-28-37(42(32-23-13-5-14-24-32)33-25-15-6-16-26-33)36(27-34(35)39-38(40)29-17-7-2-8-18-29)41(30-19-9-3-10-20-30)31-21-11-4-12-22-31;2*1-2-11-7-8-13-10-12-5-3-4-6-14(12)15(13)9-11;;/h2-28H,1H3;2*3-9H,10H2;;/q;2*-1;2*+1/p+2. The molecule has 1 aromatic heterocycles. The fourth-order valence-electron chi connectivity index (χ4n) is 10.3. The average Bonchev–Trinajstić information content (AvgIpc) is 4.13. The molecule has 362 valence electrons. The van der Waals surface area contributed by atoms with E-state index in [2.05, 4.69) is 248 Å². The Bertz CT molecular complexity index is 3600. The van der Waals surface area contributed by atoms with Crippen molar-refractivity contribution < 1.29 is 44.8 Å². The van der Waals surface area contributed by atoms with Crippen molar-refractivity contribution in [3.63, 3.8) is 0 Å². The van der Waals surface area contributed by atoms with Crippen LogP contribution in [0.5, 0.6) is 0 Å². The zero-order valence-corrected chi connectivity index (χ0v) is 46.9. The van der Waals surface area contributed by atoms with E-state index in [0.717, 1.165) is 40.9 Å². The van der Waals surface area contributed by atoms with Gasteiger partial charge in [-0.1, -0.05) is 164 Å². The maximum atomic E-state index is 7.14. The molecule has 0 saturated carbocycles. The van der Waals surface area contributed by atoms with Crippen LogP contribution in [0.4, 0.5) is 0 Å². The Kier molecular flexibility index (Phi) is 16.9. The van der Waals surface area contributed by atoms with Gasteiger partial charge in [-0.05, 0) is 106 Å². The Morgan fingerprint density at radius 2 is 0.743 bits per heavy atom. The topological polar surface area (TPSA) is 17.8 Å². The van der Waals surface area contributed by atoms with Crippen molar-refractivity contribution in [1.29, 1.82) is 0 Å². The molecule has 6 heteroatoms. The number of hydrogen-bond donors (Lipinski definition) is 0. The smallest absolute Gasteiger partial charge is 0.366 e. The maximum absolute atomic E-state index is 7.14. The first kappa shape index (κ1) is 52.0. The van der Waals surface area contributed by atoms with Crippen molar-refractivity contribution in [2.75, 3.05) is 0 Å². The van der Waals surface area contributed by atoms with Crippen LogP contribution in [-0.2, 0) is 64.6 Å². The molecule has 74 heavy (non-hydrogen) atoms. The molecule has 0 N–H and O–H groups in total. The van der Waals surface area contributed by atoms with Gasteiger partial charge >= 0.3 is 44.8 Å². The number of fused-ring (bicyclic) bond motifs is 7. The van der Waals surface area contributed by atoms with Crippen molar-refractivity contribution in [3.05, 3.63) is 295 Å². The summed E-state index contributed by atoms with van der Waals surface area (Å²) in [6.07, 6.45) is 16.3. The summed E-state index contributed by atoms with van der Waals surface area (Å²) in [5.74, 6) is 5.87. The average molecular weight is 1350 g/mol. The Labute approximate surface area is 469 Å². The van der Waals surface area contributed by atoms with E-state index in [1.165, 1.54) is 81.9 Å². The fourth-order valence-corrected chi connectivity index (χ4v) is 16.3. The van der Waals surface area contributed by atoms with Gasteiger partial charge in [-0.3, -0.25) is 11.8 Å². The molecule has 0 amide bonds. The number of nitrogens with zero attached hydrogens (tertiary/aromatic N) is 2. The molecule has 0 aliphatic heterocycles. The van der Waals surface area contributed by atoms with E-state index < -0.39 is 15.8 Å². The van der Waals surface area contributed by atoms with Crippen LogP contribution >= 0.6 is 15.8 Å². The Balaban J connectivity index is 0.000000170. The summed E-state index contributed by atoms with van der Waals surface area (Å²) in [6, 6.07) is 88.9. The zero-order chi connectivity index (χ0) is 48.8. The van der Waals surface area contributed by atoms with Crippen molar-refractivity contribution in [1.82, 2.24) is 9.55 Å². The van der Waals surface area contributed by atoms with Gasteiger partial charge in [0, 0.05) is 24.7 Å². The third-order valence-corrected chi connectivity index (χ3v) is 19.5. The van der Waals surface area contributed by atoms with E-state index >= 15 is 0 Å². The fraction of sp³-hybridized carbons (Fsp3) is 0.0441. The predicted molar refractivity (Wildman–Crippen MR) is 308 cm³/mol. The molecule has 13 rings (SSSR count). The van der Waals surface area contributed by atoms with Crippen LogP contribution in [0.25, 0.3) is 44.7 Å². The molecule has 0 bridgehead atoms. The Morgan fingerprint density at radius 3 is 1.15 bits per heavy atom. The van der Waals surface area contributed by atoms with Crippen molar-refractivity contribution in [2.24, 2.45) is 7.05 Å². The van der Waals surface area contributed by atoms with Gasteiger partial charge in [-0.25, -0.2) is 4.98 Å². The number of benzene rings is 10. The second-order valence-corrected chi connectivity index (χ2v) is 23.0. The largest absolute Gasteiger partial charge is 1.00 e. The monoisotopic (exact) mass is 1350 g/mol. The summed E-state index contributed by atoms with van der Waals surface area (Å²) in [5, 5.41) is 8.41. The molecular formula is C68H50Au2N2P2+2. The van der Waals surface area contributed by atoms with Gasteiger partial charge in [0.15, 0.2) is 0 Å². The number of aromatic nitrogens is 2. The summed E-state index contributed by atoms with van der Waals surface area (Å²) in [7, 11) is -0.539. The molecule has 2 aliphatic rings. The summed E-state index contributed by atoms with van der Waals surface area (Å²) in [4.78, 5) is 5.25. The first-order valence-electron chi connectivity index (χ1n) is 24.3. The zero-order valence-electron chi connectivity index (χ0n) is 40.6. The summed E-state index contributed by atoms with van der Waals surface area (Å²) >= 11 is 0. The van der Waals surface area contributed by atoms with Crippen LogP contribution in [-0.4, -0.2) is 9.55 Å². The first-order chi connectivity index (χ1) is 35.5. The minimum Gasteiger partial charge on any atom is -0.366 e. The number of rotatable bonds is 7. The van der Waals surface area contributed by atoms with Crippen LogP contribution in [0.3, 0.4) is 0 Å². The van der Waals surface area contributed by atoms with Crippen LogP contribution in [0.15, 0.2) is 249 Å². The molecule has 10 aromatic carbocycles. The normalized spacial score (nSPS) is 11.2. The van der Waals surface area contributed by atoms with E-state index in [1.807, 2.05) is 24.3 Å². The van der Waals surface area contributed by atoms with Crippen LogP contribution < -0.4 is 31.8 Å². The molecular weight excluding hydrogens is 1300 g/mol. The Morgan fingerprint density at radius 1 is 0.392 bits per heavy atom. The number of hydrogen-bond acceptors (Lipinski definition) is 1. The molecule has 0 fully saturated rings. The van der Waals surface area contributed by atoms with Gasteiger partial charge in [-0.2, -0.15) is 0 Å². The SMILES string of the molecule is Cn1c(-c2ccccc2)nc2cc([PH+](c3ccccc3)c3ccccc3)c([PH+](c3ccccc3)c3ccccc3)cc21.[Au+].[Au+].[C-]#Cc1ccc2c(c1)-c1ccccc1C2.[C-]#Cc1ccc2c(c1)-c1ccccc1C2. The van der Waals surface area contributed by atoms with Crippen LogP contribution in [0.1, 0.15) is 33.4 Å². The number of imidazole rings is 1. The summed E-state index contributed by atoms with van der Waals surface area (Å²) in [5.41, 5.74) is 15.7. The minimum absolute atomic E-state index is 0. The summed E-state index contributed by atoms with van der Waals surface area (Å²) in [6.45, 7) is 0. The maximum Gasteiger partial charge on any atom is 1.00 e. The summed E-state index contributed by atoms with van der Waals surface area (Å²) < 4.78 is 2.27. The van der Waals surface area contributed by atoms with Gasteiger partial charge in [0.25, 0.3) is 0 Å². The number of aryl methyl sites for hydroxylation is 1. The van der Waals surface area contributed by atoms with Crippen molar-refractivity contribution in [2.45, 2.75) is 12.8 Å². The van der Waals surface area contributed by atoms with Crippen LogP contribution in [0.2, 0.25) is 0 Å². The van der Waals surface area contributed by atoms with Gasteiger partial charge in [-0.15, -0.1) is 35.4 Å². The van der Waals surface area contributed by atoms with Crippen molar-refractivity contribution in [3.8, 4) is 45.5 Å². The molecule has 0 spiro atoms. The third kappa shape index (κ3) is 10.8. The van der Waals surface area contributed by atoms with E-state index in [-0.39, 0.29) is 44.8 Å².